The predicted octanol–water partition coefficient (Wildman–Crippen LogP) is 0.0365. The SMILES string of the molecule is O=C(O)CCN1CCSCC1=O. The van der Waals surface area contributed by atoms with Crippen LogP contribution in [0.3, 0.4) is 0 Å². The summed E-state index contributed by atoms with van der Waals surface area (Å²) >= 11 is 1.60. The van der Waals surface area contributed by atoms with Gasteiger partial charge in [-0.15, -0.1) is 0 Å². The zero-order chi connectivity index (χ0) is 8.97. The molecule has 1 N–H and O–H groups in total. The van der Waals surface area contributed by atoms with E-state index in [2.05, 4.69) is 0 Å². The lowest BCUT2D eigenvalue weighted by Gasteiger charge is -2.25. The number of hydrogen-bond acceptors (Lipinski definition) is 3. The van der Waals surface area contributed by atoms with E-state index in [1.54, 1.807) is 16.7 Å². The molecule has 0 atom stereocenters. The van der Waals surface area contributed by atoms with Gasteiger partial charge in [-0.1, -0.05) is 0 Å². The van der Waals surface area contributed by atoms with E-state index in [4.69, 9.17) is 5.11 Å². The third kappa shape index (κ3) is 2.73. The summed E-state index contributed by atoms with van der Waals surface area (Å²) in [5.74, 6) is 0.638. The second-order valence-corrected chi connectivity index (χ2v) is 3.68. The van der Waals surface area contributed by atoms with Crippen LogP contribution in [0.4, 0.5) is 0 Å². The van der Waals surface area contributed by atoms with Crippen LogP contribution >= 0.6 is 11.8 Å². The maximum absolute atomic E-state index is 11.1. The zero-order valence-corrected chi connectivity index (χ0v) is 7.47. The molecule has 1 amide bonds. The summed E-state index contributed by atoms with van der Waals surface area (Å²) in [5.41, 5.74) is 0. The van der Waals surface area contributed by atoms with Crippen molar-refractivity contribution in [2.24, 2.45) is 0 Å². The average molecular weight is 189 g/mol. The van der Waals surface area contributed by atoms with Crippen LogP contribution in [0.5, 0.6) is 0 Å². The van der Waals surface area contributed by atoms with Gasteiger partial charge in [-0.2, -0.15) is 11.8 Å². The van der Waals surface area contributed by atoms with Crippen molar-refractivity contribution in [3.63, 3.8) is 0 Å². The van der Waals surface area contributed by atoms with Crippen LogP contribution in [0, 0.1) is 0 Å². The summed E-state index contributed by atoms with van der Waals surface area (Å²) in [6, 6.07) is 0. The number of rotatable bonds is 3. The summed E-state index contributed by atoms with van der Waals surface area (Å²) in [5, 5.41) is 8.39. The number of hydrogen-bond donors (Lipinski definition) is 1. The van der Waals surface area contributed by atoms with Crippen LogP contribution < -0.4 is 0 Å². The Hall–Kier alpha value is -0.710. The molecule has 4 nitrogen and oxygen atoms in total. The van der Waals surface area contributed by atoms with Gasteiger partial charge in [0.25, 0.3) is 0 Å². The first-order valence-corrected chi connectivity index (χ1v) is 4.93. The summed E-state index contributed by atoms with van der Waals surface area (Å²) in [6.07, 6.45) is 0.0520. The molecule has 68 valence electrons. The standard InChI is InChI=1S/C7H11NO3S/c9-6-5-12-4-3-8(6)2-1-7(10)11/h1-5H2,(H,10,11). The zero-order valence-electron chi connectivity index (χ0n) is 6.65. The molecule has 0 aliphatic carbocycles. The van der Waals surface area contributed by atoms with Crippen molar-refractivity contribution >= 4 is 23.6 Å². The van der Waals surface area contributed by atoms with Crippen LogP contribution in [-0.2, 0) is 9.59 Å². The molecule has 0 aromatic rings. The summed E-state index contributed by atoms with van der Waals surface area (Å²) in [6.45, 7) is 1.05. The van der Waals surface area contributed by atoms with E-state index >= 15 is 0 Å². The number of thioether (sulfide) groups is 1. The monoisotopic (exact) mass is 189 g/mol. The fourth-order valence-corrected chi connectivity index (χ4v) is 1.87. The van der Waals surface area contributed by atoms with Gasteiger partial charge in [0, 0.05) is 18.8 Å². The van der Waals surface area contributed by atoms with Crippen LogP contribution in [-0.4, -0.2) is 46.5 Å². The van der Waals surface area contributed by atoms with E-state index in [1.165, 1.54) is 0 Å². The fraction of sp³-hybridized carbons (Fsp3) is 0.714. The first kappa shape index (κ1) is 9.38. The molecule has 0 spiro atoms. The van der Waals surface area contributed by atoms with Gasteiger partial charge in [-0.3, -0.25) is 9.59 Å². The van der Waals surface area contributed by atoms with Crippen molar-refractivity contribution in [2.75, 3.05) is 24.6 Å². The lowest BCUT2D eigenvalue weighted by atomic mass is 10.3. The van der Waals surface area contributed by atoms with E-state index in [-0.39, 0.29) is 12.3 Å². The molecule has 0 aromatic heterocycles. The highest BCUT2D eigenvalue weighted by molar-refractivity contribution is 8.00. The second-order valence-electron chi connectivity index (χ2n) is 2.58. The number of carboxylic acid groups (broad SMARTS) is 1. The van der Waals surface area contributed by atoms with Crippen molar-refractivity contribution in [3.05, 3.63) is 0 Å². The third-order valence-electron chi connectivity index (χ3n) is 1.68. The van der Waals surface area contributed by atoms with Crippen molar-refractivity contribution < 1.29 is 14.7 Å². The van der Waals surface area contributed by atoms with E-state index in [9.17, 15) is 9.59 Å². The minimum Gasteiger partial charge on any atom is -0.481 e. The Balaban J connectivity index is 2.29. The molecule has 1 saturated heterocycles. The van der Waals surface area contributed by atoms with Gasteiger partial charge in [-0.05, 0) is 0 Å². The molecule has 1 heterocycles. The molecular weight excluding hydrogens is 178 g/mol. The van der Waals surface area contributed by atoms with Gasteiger partial charge in [0.2, 0.25) is 5.91 Å². The Morgan fingerprint density at radius 2 is 2.42 bits per heavy atom. The van der Waals surface area contributed by atoms with E-state index in [0.29, 0.717) is 18.8 Å². The smallest absolute Gasteiger partial charge is 0.305 e. The minimum atomic E-state index is -0.846. The van der Waals surface area contributed by atoms with Gasteiger partial charge in [0.15, 0.2) is 0 Å². The summed E-state index contributed by atoms with van der Waals surface area (Å²) in [7, 11) is 0. The lowest BCUT2D eigenvalue weighted by molar-refractivity contribution is -0.138. The summed E-state index contributed by atoms with van der Waals surface area (Å²) < 4.78 is 0. The minimum absolute atomic E-state index is 0.0520. The molecule has 1 aliphatic heterocycles. The molecule has 0 unspecified atom stereocenters. The van der Waals surface area contributed by atoms with Crippen molar-refractivity contribution in [2.45, 2.75) is 6.42 Å². The quantitative estimate of drug-likeness (QED) is 0.681. The second kappa shape index (κ2) is 4.35. The largest absolute Gasteiger partial charge is 0.481 e. The number of carbonyl (C=O) groups is 2. The van der Waals surface area contributed by atoms with Gasteiger partial charge >= 0.3 is 5.97 Å². The van der Waals surface area contributed by atoms with Gasteiger partial charge in [-0.25, -0.2) is 0 Å². The molecule has 0 aromatic carbocycles. The summed E-state index contributed by atoms with van der Waals surface area (Å²) in [4.78, 5) is 22.9. The molecular formula is C7H11NO3S. The van der Waals surface area contributed by atoms with Gasteiger partial charge < -0.3 is 10.0 Å². The molecule has 1 rings (SSSR count). The number of nitrogens with zero attached hydrogens (tertiary/aromatic N) is 1. The number of carbonyl (C=O) groups excluding carboxylic acids is 1. The van der Waals surface area contributed by atoms with Crippen molar-refractivity contribution in [3.8, 4) is 0 Å². The normalized spacial score (nSPS) is 18.0. The molecule has 0 saturated carbocycles. The predicted molar refractivity (Wildman–Crippen MR) is 46.2 cm³/mol. The molecule has 0 bridgehead atoms. The molecule has 1 fully saturated rings. The molecule has 12 heavy (non-hydrogen) atoms. The van der Waals surface area contributed by atoms with Crippen molar-refractivity contribution in [1.29, 1.82) is 0 Å². The number of amides is 1. The third-order valence-corrected chi connectivity index (χ3v) is 2.60. The van der Waals surface area contributed by atoms with Gasteiger partial charge in [0.05, 0.1) is 12.2 Å². The Labute approximate surface area is 74.9 Å². The van der Waals surface area contributed by atoms with Crippen LogP contribution in [0.2, 0.25) is 0 Å². The first-order valence-electron chi connectivity index (χ1n) is 3.77. The first-order chi connectivity index (χ1) is 5.70. The highest BCUT2D eigenvalue weighted by Gasteiger charge is 2.18. The number of carboxylic acids is 1. The lowest BCUT2D eigenvalue weighted by Crippen LogP contribution is -2.39. The highest BCUT2D eigenvalue weighted by Crippen LogP contribution is 2.10. The van der Waals surface area contributed by atoms with Crippen LogP contribution in [0.1, 0.15) is 6.42 Å². The maximum atomic E-state index is 11.1. The van der Waals surface area contributed by atoms with Crippen LogP contribution in [0.25, 0.3) is 0 Å². The highest BCUT2D eigenvalue weighted by atomic mass is 32.2. The fourth-order valence-electron chi connectivity index (χ4n) is 1.02. The van der Waals surface area contributed by atoms with Crippen molar-refractivity contribution in [1.82, 2.24) is 4.90 Å². The Morgan fingerprint density at radius 3 is 3.00 bits per heavy atom. The Kier molecular flexibility index (Phi) is 3.40. The van der Waals surface area contributed by atoms with Gasteiger partial charge in [0.1, 0.15) is 0 Å². The Bertz CT molecular complexity index is 195. The average Bonchev–Trinajstić information content (AvgIpc) is 2.03. The maximum Gasteiger partial charge on any atom is 0.305 e. The number of aliphatic carboxylic acids is 1. The molecule has 5 heteroatoms. The molecule has 0 radical (unpaired) electrons. The molecule has 1 aliphatic rings. The topological polar surface area (TPSA) is 57.6 Å². The Morgan fingerprint density at radius 1 is 1.67 bits per heavy atom. The van der Waals surface area contributed by atoms with E-state index < -0.39 is 5.97 Å². The van der Waals surface area contributed by atoms with Crippen LogP contribution in [0.15, 0.2) is 0 Å². The van der Waals surface area contributed by atoms with E-state index in [1.807, 2.05) is 0 Å². The van der Waals surface area contributed by atoms with E-state index in [0.717, 1.165) is 5.75 Å².